The number of carbonyl (C=O) groups excluding carboxylic acids is 2. The number of amides is 2. The van der Waals surface area contributed by atoms with Crippen LogP contribution in [-0.2, 0) is 14.3 Å². The van der Waals surface area contributed by atoms with E-state index in [1.165, 1.54) is 0 Å². The zero-order valence-electron chi connectivity index (χ0n) is 15.9. The Bertz CT molecular complexity index is 632. The van der Waals surface area contributed by atoms with Crippen molar-refractivity contribution in [2.24, 2.45) is 5.92 Å². The number of nitrogens with one attached hydrogen (secondary N) is 1. The van der Waals surface area contributed by atoms with Gasteiger partial charge in [-0.1, -0.05) is 0 Å². The van der Waals surface area contributed by atoms with Gasteiger partial charge in [-0.05, 0) is 32.4 Å². The molecule has 0 aliphatic carbocycles. The molecule has 0 radical (unpaired) electrons. The molecule has 1 N–H and O–H groups in total. The van der Waals surface area contributed by atoms with Gasteiger partial charge in [0.2, 0.25) is 11.8 Å². The van der Waals surface area contributed by atoms with Crippen LogP contribution in [0.3, 0.4) is 0 Å². The molecule has 1 aromatic carbocycles. The summed E-state index contributed by atoms with van der Waals surface area (Å²) in [5.74, 6) is 0.634. The Morgan fingerprint density at radius 2 is 2.08 bits per heavy atom. The molecular formula is C19H28N2O5. The van der Waals surface area contributed by atoms with Gasteiger partial charge in [-0.15, -0.1) is 0 Å². The molecule has 1 atom stereocenters. The minimum absolute atomic E-state index is 0.0974. The van der Waals surface area contributed by atoms with Gasteiger partial charge in [0.15, 0.2) is 0 Å². The molecule has 0 bridgehead atoms. The molecule has 2 rings (SSSR count). The van der Waals surface area contributed by atoms with Gasteiger partial charge in [-0.25, -0.2) is 0 Å². The van der Waals surface area contributed by atoms with E-state index in [1.54, 1.807) is 37.3 Å². The second-order valence-electron chi connectivity index (χ2n) is 6.51. The predicted octanol–water partition coefficient (Wildman–Crippen LogP) is 1.99. The van der Waals surface area contributed by atoms with Crippen LogP contribution in [0.5, 0.6) is 11.5 Å². The summed E-state index contributed by atoms with van der Waals surface area (Å²) >= 11 is 0. The molecule has 0 saturated carbocycles. The molecule has 0 aromatic heterocycles. The first-order chi connectivity index (χ1) is 12.5. The first-order valence-corrected chi connectivity index (χ1v) is 8.88. The van der Waals surface area contributed by atoms with Crippen LogP contribution < -0.4 is 19.7 Å². The number of rotatable bonds is 9. The average Bonchev–Trinajstić information content (AvgIpc) is 3.02. The highest BCUT2D eigenvalue weighted by Crippen LogP contribution is 2.36. The van der Waals surface area contributed by atoms with Crippen LogP contribution in [0.4, 0.5) is 5.69 Å². The zero-order chi connectivity index (χ0) is 19.1. The van der Waals surface area contributed by atoms with Crippen molar-refractivity contribution in [1.82, 2.24) is 5.32 Å². The summed E-state index contributed by atoms with van der Waals surface area (Å²) in [5.41, 5.74) is 0.623. The molecule has 1 fully saturated rings. The smallest absolute Gasteiger partial charge is 0.227 e. The Kier molecular flexibility index (Phi) is 7.26. The van der Waals surface area contributed by atoms with Gasteiger partial charge >= 0.3 is 0 Å². The molecule has 1 heterocycles. The van der Waals surface area contributed by atoms with Crippen molar-refractivity contribution in [2.75, 3.05) is 38.8 Å². The Morgan fingerprint density at radius 1 is 1.31 bits per heavy atom. The van der Waals surface area contributed by atoms with Gasteiger partial charge in [-0.2, -0.15) is 0 Å². The van der Waals surface area contributed by atoms with Gasteiger partial charge in [0.1, 0.15) is 11.5 Å². The van der Waals surface area contributed by atoms with Crippen LogP contribution in [0, 0.1) is 5.92 Å². The van der Waals surface area contributed by atoms with E-state index in [9.17, 15) is 9.59 Å². The molecule has 144 valence electrons. The lowest BCUT2D eigenvalue weighted by Gasteiger charge is -2.20. The number of hydrogen-bond donors (Lipinski definition) is 1. The molecule has 26 heavy (non-hydrogen) atoms. The number of nitrogens with zero attached hydrogens (tertiary/aromatic N) is 1. The average molecular weight is 364 g/mol. The summed E-state index contributed by atoms with van der Waals surface area (Å²) in [7, 11) is 3.12. The second-order valence-corrected chi connectivity index (χ2v) is 6.51. The summed E-state index contributed by atoms with van der Waals surface area (Å²) in [6.07, 6.45) is 1.12. The molecule has 1 unspecified atom stereocenters. The number of methoxy groups -OCH3 is 2. The fourth-order valence-electron chi connectivity index (χ4n) is 2.87. The summed E-state index contributed by atoms with van der Waals surface area (Å²) in [5, 5.41) is 2.89. The van der Waals surface area contributed by atoms with Crippen LogP contribution in [0.1, 0.15) is 26.7 Å². The number of anilines is 1. The van der Waals surface area contributed by atoms with Crippen LogP contribution in [0.2, 0.25) is 0 Å². The minimum atomic E-state index is -0.371. The van der Waals surface area contributed by atoms with Crippen LogP contribution in [0.15, 0.2) is 18.2 Å². The third kappa shape index (κ3) is 5.11. The third-order valence-electron chi connectivity index (χ3n) is 4.24. The lowest BCUT2D eigenvalue weighted by Crippen LogP contribution is -2.34. The SMILES string of the molecule is COc1ccc(OC)c(N2CC(C(=O)NCCCOC(C)C)CC2=O)c1. The Hall–Kier alpha value is -2.28. The molecular weight excluding hydrogens is 336 g/mol. The van der Waals surface area contributed by atoms with Crippen molar-refractivity contribution in [3.8, 4) is 11.5 Å². The first kappa shape index (κ1) is 20.0. The molecule has 1 aromatic rings. The Morgan fingerprint density at radius 3 is 2.73 bits per heavy atom. The van der Waals surface area contributed by atoms with E-state index in [-0.39, 0.29) is 30.3 Å². The Labute approximate surface area is 154 Å². The summed E-state index contributed by atoms with van der Waals surface area (Å²) in [6.45, 7) is 5.43. The van der Waals surface area contributed by atoms with E-state index in [4.69, 9.17) is 14.2 Å². The van der Waals surface area contributed by atoms with Gasteiger partial charge in [0.25, 0.3) is 0 Å². The minimum Gasteiger partial charge on any atom is -0.497 e. The third-order valence-corrected chi connectivity index (χ3v) is 4.24. The van der Waals surface area contributed by atoms with E-state index < -0.39 is 0 Å². The topological polar surface area (TPSA) is 77.1 Å². The van der Waals surface area contributed by atoms with Crippen molar-refractivity contribution in [2.45, 2.75) is 32.8 Å². The first-order valence-electron chi connectivity index (χ1n) is 8.88. The standard InChI is InChI=1S/C19H28N2O5/c1-13(2)26-9-5-8-20-19(23)14-10-18(22)21(12-14)16-11-15(24-3)6-7-17(16)25-4/h6-7,11,13-14H,5,8-10,12H2,1-4H3,(H,20,23). The maximum absolute atomic E-state index is 12.4. The van der Waals surface area contributed by atoms with Crippen molar-refractivity contribution in [1.29, 1.82) is 0 Å². The maximum Gasteiger partial charge on any atom is 0.227 e. The van der Waals surface area contributed by atoms with Crippen molar-refractivity contribution in [3.05, 3.63) is 18.2 Å². The molecule has 7 heteroatoms. The highest BCUT2D eigenvalue weighted by atomic mass is 16.5. The van der Waals surface area contributed by atoms with E-state index in [2.05, 4.69) is 5.32 Å². The normalized spacial score (nSPS) is 16.9. The molecule has 1 aliphatic rings. The molecule has 1 saturated heterocycles. The van der Waals surface area contributed by atoms with Crippen molar-refractivity contribution >= 4 is 17.5 Å². The predicted molar refractivity (Wildman–Crippen MR) is 98.7 cm³/mol. The van der Waals surface area contributed by atoms with Crippen LogP contribution >= 0.6 is 0 Å². The quantitative estimate of drug-likeness (QED) is 0.678. The number of benzene rings is 1. The van der Waals surface area contributed by atoms with Crippen LogP contribution in [0.25, 0.3) is 0 Å². The van der Waals surface area contributed by atoms with Gasteiger partial charge in [-0.3, -0.25) is 9.59 Å². The number of hydrogen-bond acceptors (Lipinski definition) is 5. The van der Waals surface area contributed by atoms with Gasteiger partial charge in [0, 0.05) is 32.2 Å². The largest absolute Gasteiger partial charge is 0.497 e. The van der Waals surface area contributed by atoms with Crippen LogP contribution in [-0.4, -0.2) is 51.8 Å². The van der Waals surface area contributed by atoms with Crippen molar-refractivity contribution < 1.29 is 23.8 Å². The van der Waals surface area contributed by atoms with E-state index in [0.717, 1.165) is 6.42 Å². The molecule has 2 amide bonds. The fraction of sp³-hybridized carbons (Fsp3) is 0.579. The molecule has 0 spiro atoms. The van der Waals surface area contributed by atoms with Crippen molar-refractivity contribution in [3.63, 3.8) is 0 Å². The molecule has 7 nitrogen and oxygen atoms in total. The van der Waals surface area contributed by atoms with E-state index in [0.29, 0.717) is 36.9 Å². The lowest BCUT2D eigenvalue weighted by molar-refractivity contribution is -0.126. The molecule has 1 aliphatic heterocycles. The highest BCUT2D eigenvalue weighted by Gasteiger charge is 2.36. The second kappa shape index (κ2) is 9.43. The lowest BCUT2D eigenvalue weighted by atomic mass is 10.1. The monoisotopic (exact) mass is 364 g/mol. The summed E-state index contributed by atoms with van der Waals surface area (Å²) < 4.78 is 16.0. The zero-order valence-corrected chi connectivity index (χ0v) is 15.9. The fourth-order valence-corrected chi connectivity index (χ4v) is 2.87. The number of ether oxygens (including phenoxy) is 3. The summed E-state index contributed by atoms with van der Waals surface area (Å²) in [6, 6.07) is 5.27. The maximum atomic E-state index is 12.4. The highest BCUT2D eigenvalue weighted by molar-refractivity contribution is 6.01. The number of carbonyl (C=O) groups is 2. The van der Waals surface area contributed by atoms with Gasteiger partial charge in [0.05, 0.1) is 31.9 Å². The van der Waals surface area contributed by atoms with E-state index in [1.807, 2.05) is 13.8 Å². The summed E-state index contributed by atoms with van der Waals surface area (Å²) in [4.78, 5) is 26.4. The van der Waals surface area contributed by atoms with E-state index >= 15 is 0 Å². The Balaban J connectivity index is 1.95. The van der Waals surface area contributed by atoms with Gasteiger partial charge < -0.3 is 24.4 Å².